The fraction of sp³-hybridized carbons (Fsp3) is 1.00. The first-order valence-electron chi connectivity index (χ1n) is 9.40. The lowest BCUT2D eigenvalue weighted by molar-refractivity contribution is 0.137. The van der Waals surface area contributed by atoms with Crippen LogP contribution in [0.25, 0.3) is 0 Å². The summed E-state index contributed by atoms with van der Waals surface area (Å²) in [6.07, 6.45) is 0. The Bertz CT molecular complexity index is 145. The van der Waals surface area contributed by atoms with Gasteiger partial charge in [-0.1, -0.05) is 0 Å². The Labute approximate surface area is 159 Å². The minimum absolute atomic E-state index is 0. The summed E-state index contributed by atoms with van der Waals surface area (Å²) in [5.41, 5.74) is 0. The fourth-order valence-corrected chi connectivity index (χ4v) is 2.24. The molecule has 0 radical (unpaired) electrons. The quantitative estimate of drug-likeness (QED) is 0.286. The first-order valence-corrected chi connectivity index (χ1v) is 9.40. The van der Waals surface area contributed by atoms with Gasteiger partial charge in [0.1, 0.15) is 0 Å². The normalized spacial score (nSPS) is 23.0. The molecule has 0 aromatic carbocycles. The molecule has 0 aromatic rings. The van der Waals surface area contributed by atoms with E-state index in [0.717, 1.165) is 105 Å². The van der Waals surface area contributed by atoms with Gasteiger partial charge in [-0.3, -0.25) is 0 Å². The van der Waals surface area contributed by atoms with Crippen LogP contribution in [0.2, 0.25) is 0 Å². The summed E-state index contributed by atoms with van der Waals surface area (Å²) in [5, 5.41) is 20.3. The Hall–Kier alpha value is -0.0300. The van der Waals surface area contributed by atoms with E-state index in [1.54, 1.807) is 0 Å². The van der Waals surface area contributed by atoms with E-state index < -0.39 is 0 Å². The van der Waals surface area contributed by atoms with Crippen LogP contribution < -0.4 is 31.9 Å². The molecule has 0 amide bonds. The molecular weight excluding hydrogens is 344 g/mol. The number of hydrogen-bond acceptors (Lipinski definition) is 8. The van der Waals surface area contributed by atoms with Crippen LogP contribution >= 0.6 is 12.4 Å². The van der Waals surface area contributed by atoms with E-state index in [-0.39, 0.29) is 12.4 Å². The predicted molar refractivity (Wildman–Crippen MR) is 106 cm³/mol. The van der Waals surface area contributed by atoms with Crippen LogP contribution in [0.3, 0.4) is 0 Å². The van der Waals surface area contributed by atoms with Gasteiger partial charge >= 0.3 is 0 Å². The minimum atomic E-state index is 0. The maximum Gasteiger partial charge on any atom is 0.0591 e. The van der Waals surface area contributed by atoms with Crippen molar-refractivity contribution in [3.8, 4) is 0 Å². The number of hydrogen-bond donors (Lipinski definition) is 6. The van der Waals surface area contributed by atoms with Gasteiger partial charge in [-0.15, -0.1) is 12.4 Å². The topological polar surface area (TPSA) is 90.6 Å². The molecule has 1 saturated heterocycles. The summed E-state index contributed by atoms with van der Waals surface area (Å²) in [7, 11) is 0. The van der Waals surface area contributed by atoms with Crippen molar-refractivity contribution in [1.82, 2.24) is 31.9 Å². The number of nitrogens with one attached hydrogen (secondary N) is 6. The molecule has 0 unspecified atom stereocenters. The molecule has 0 aliphatic carbocycles. The van der Waals surface area contributed by atoms with E-state index in [2.05, 4.69) is 31.9 Å². The second-order valence-corrected chi connectivity index (χ2v) is 5.72. The molecule has 1 aliphatic heterocycles. The molecule has 0 spiro atoms. The van der Waals surface area contributed by atoms with Crippen LogP contribution in [-0.2, 0) is 9.47 Å². The molecule has 1 fully saturated rings. The number of rotatable bonds is 0. The third-order valence-corrected chi connectivity index (χ3v) is 3.61. The summed E-state index contributed by atoms with van der Waals surface area (Å²) in [4.78, 5) is 0. The van der Waals surface area contributed by atoms with E-state index in [1.807, 2.05) is 0 Å². The van der Waals surface area contributed by atoms with Crippen molar-refractivity contribution >= 4 is 12.4 Å². The highest BCUT2D eigenvalue weighted by molar-refractivity contribution is 5.85. The Morgan fingerprint density at radius 1 is 0.320 bits per heavy atom. The number of ether oxygens (including phenoxy) is 2. The first-order chi connectivity index (χ1) is 12.0. The van der Waals surface area contributed by atoms with Crippen LogP contribution in [0.1, 0.15) is 0 Å². The average Bonchev–Trinajstić information content (AvgIpc) is 2.59. The standard InChI is InChI=1S/C16H38N6O2.ClH/c1-5-19-9-13-23-15-11-21-7-3-18-4-8-22-12-16-24-14-10-20-6-2-17-1;/h17-22H,1-16H2;1H. The van der Waals surface area contributed by atoms with Crippen molar-refractivity contribution < 1.29 is 9.47 Å². The second-order valence-electron chi connectivity index (χ2n) is 5.72. The van der Waals surface area contributed by atoms with Gasteiger partial charge in [-0.2, -0.15) is 0 Å². The van der Waals surface area contributed by atoms with Crippen molar-refractivity contribution in [3.05, 3.63) is 0 Å². The zero-order chi connectivity index (χ0) is 17.0. The zero-order valence-corrected chi connectivity index (χ0v) is 16.4. The van der Waals surface area contributed by atoms with Gasteiger partial charge in [0.25, 0.3) is 0 Å². The molecule has 1 aliphatic rings. The summed E-state index contributed by atoms with van der Waals surface area (Å²) in [5.74, 6) is 0. The smallest absolute Gasteiger partial charge is 0.0591 e. The molecule has 1 heterocycles. The van der Waals surface area contributed by atoms with Gasteiger partial charge in [0.05, 0.1) is 26.4 Å². The number of halogens is 1. The van der Waals surface area contributed by atoms with E-state index in [9.17, 15) is 0 Å². The Balaban J connectivity index is 0.00000576. The monoisotopic (exact) mass is 382 g/mol. The van der Waals surface area contributed by atoms with Gasteiger partial charge < -0.3 is 41.4 Å². The Morgan fingerprint density at radius 2 is 0.520 bits per heavy atom. The van der Waals surface area contributed by atoms with E-state index in [4.69, 9.17) is 9.47 Å². The first kappa shape index (κ1) is 25.0. The van der Waals surface area contributed by atoms with E-state index in [0.29, 0.717) is 0 Å². The average molecular weight is 383 g/mol. The highest BCUT2D eigenvalue weighted by Crippen LogP contribution is 1.74. The summed E-state index contributed by atoms with van der Waals surface area (Å²) in [6, 6.07) is 0. The summed E-state index contributed by atoms with van der Waals surface area (Å²) in [6.45, 7) is 14.6. The molecule has 9 heteroatoms. The maximum atomic E-state index is 5.57. The molecule has 25 heavy (non-hydrogen) atoms. The SMILES string of the molecule is C1CNCCOCCNCCNCCNCCOCCNCCN1.Cl. The molecule has 152 valence electrons. The lowest BCUT2D eigenvalue weighted by Gasteiger charge is -2.10. The van der Waals surface area contributed by atoms with Crippen LogP contribution in [0.15, 0.2) is 0 Å². The van der Waals surface area contributed by atoms with Crippen LogP contribution in [-0.4, -0.2) is 105 Å². The van der Waals surface area contributed by atoms with Gasteiger partial charge in [0, 0.05) is 78.5 Å². The molecule has 0 saturated carbocycles. The molecular formula is C16H39ClN6O2. The molecule has 1 rings (SSSR count). The lowest BCUT2D eigenvalue weighted by atomic mass is 10.5. The molecule has 0 bridgehead atoms. The van der Waals surface area contributed by atoms with Gasteiger partial charge in [0.2, 0.25) is 0 Å². The van der Waals surface area contributed by atoms with Crippen LogP contribution in [0.5, 0.6) is 0 Å². The van der Waals surface area contributed by atoms with Crippen LogP contribution in [0, 0.1) is 0 Å². The summed E-state index contributed by atoms with van der Waals surface area (Å²) >= 11 is 0. The van der Waals surface area contributed by atoms with Gasteiger partial charge in [0.15, 0.2) is 0 Å². The highest BCUT2D eigenvalue weighted by Gasteiger charge is 1.94. The molecule has 0 aromatic heterocycles. The molecule has 0 atom stereocenters. The molecule has 8 nitrogen and oxygen atoms in total. The van der Waals surface area contributed by atoms with Gasteiger partial charge in [-0.05, 0) is 0 Å². The van der Waals surface area contributed by atoms with E-state index in [1.165, 1.54) is 0 Å². The van der Waals surface area contributed by atoms with Crippen molar-refractivity contribution in [3.63, 3.8) is 0 Å². The maximum absolute atomic E-state index is 5.57. The molecule has 6 N–H and O–H groups in total. The van der Waals surface area contributed by atoms with Crippen molar-refractivity contribution in [2.24, 2.45) is 0 Å². The minimum Gasteiger partial charge on any atom is -0.379 e. The van der Waals surface area contributed by atoms with Crippen LogP contribution in [0.4, 0.5) is 0 Å². The van der Waals surface area contributed by atoms with E-state index >= 15 is 0 Å². The zero-order valence-electron chi connectivity index (χ0n) is 15.5. The Kier molecular flexibility index (Phi) is 22.0. The fourth-order valence-electron chi connectivity index (χ4n) is 2.24. The lowest BCUT2D eigenvalue weighted by Crippen LogP contribution is -2.36. The Morgan fingerprint density at radius 3 is 0.760 bits per heavy atom. The van der Waals surface area contributed by atoms with Gasteiger partial charge in [-0.25, -0.2) is 0 Å². The van der Waals surface area contributed by atoms with Crippen molar-refractivity contribution in [2.45, 2.75) is 0 Å². The highest BCUT2D eigenvalue weighted by atomic mass is 35.5. The third-order valence-electron chi connectivity index (χ3n) is 3.61. The largest absolute Gasteiger partial charge is 0.379 e. The van der Waals surface area contributed by atoms with Crippen molar-refractivity contribution in [1.29, 1.82) is 0 Å². The predicted octanol–water partition coefficient (Wildman–Crippen LogP) is -2.01. The third kappa shape index (κ3) is 20.1. The van der Waals surface area contributed by atoms with Crippen molar-refractivity contribution in [2.75, 3.05) is 105 Å². The summed E-state index contributed by atoms with van der Waals surface area (Å²) < 4.78 is 11.1. The second kappa shape index (κ2) is 22.0.